The first-order valence-electron chi connectivity index (χ1n) is 4.51. The number of thiol groups is 2. The molecule has 0 aromatic heterocycles. The first-order chi connectivity index (χ1) is 7.36. The largest absolute Gasteiger partial charge is 1.00 e. The van der Waals surface area contributed by atoms with Gasteiger partial charge in [-0.25, -0.2) is 0 Å². The van der Waals surface area contributed by atoms with Gasteiger partial charge in [0.1, 0.15) is 0 Å². The zero-order valence-electron chi connectivity index (χ0n) is 10.7. The van der Waals surface area contributed by atoms with E-state index in [-0.39, 0.29) is 59.1 Å². The summed E-state index contributed by atoms with van der Waals surface area (Å²) in [6, 6.07) is -1.71. The Morgan fingerprint density at radius 1 is 0.889 bits per heavy atom. The average molecular weight is 314 g/mol. The molecule has 96 valence electrons. The number of carbonyl (C=O) groups excluding carboxylic acids is 2. The monoisotopic (exact) mass is 314 g/mol. The minimum absolute atomic E-state index is 0. The van der Waals surface area contributed by atoms with Gasteiger partial charge >= 0.3 is 59.1 Å². The molecule has 18 heavy (non-hydrogen) atoms. The quantitative estimate of drug-likeness (QED) is 0.284. The van der Waals surface area contributed by atoms with Crippen LogP contribution in [0, 0.1) is 0 Å². The fourth-order valence-corrected chi connectivity index (χ4v) is 1.07. The maximum absolute atomic E-state index is 9.82. The third-order valence-corrected chi connectivity index (χ3v) is 2.00. The van der Waals surface area contributed by atoms with Gasteiger partial charge in [0.2, 0.25) is 0 Å². The van der Waals surface area contributed by atoms with Crippen molar-refractivity contribution in [2.24, 2.45) is 11.5 Å². The van der Waals surface area contributed by atoms with Crippen molar-refractivity contribution in [3.8, 4) is 0 Å². The van der Waals surface area contributed by atoms with E-state index in [1.807, 2.05) is 0 Å². The molecule has 0 aromatic carbocycles. The van der Waals surface area contributed by atoms with Crippen molar-refractivity contribution in [2.45, 2.75) is 24.9 Å². The Morgan fingerprint density at radius 2 is 1.11 bits per heavy atom. The summed E-state index contributed by atoms with van der Waals surface area (Å²) in [5.41, 5.74) is 10.0. The van der Waals surface area contributed by atoms with Gasteiger partial charge in [-0.2, -0.15) is 25.3 Å². The van der Waals surface area contributed by atoms with Crippen LogP contribution in [0.2, 0.25) is 0 Å². The predicted octanol–water partition coefficient (Wildman–Crippen LogP) is -9.23. The summed E-state index contributed by atoms with van der Waals surface area (Å²) in [5, 5.41) is 19.6. The maximum atomic E-state index is 9.82. The van der Waals surface area contributed by atoms with E-state index in [2.05, 4.69) is 25.3 Å². The molecule has 0 aromatic rings. The van der Waals surface area contributed by atoms with Gasteiger partial charge in [-0.05, 0) is 24.3 Å². The minimum atomic E-state index is -1.21. The molecule has 0 heterocycles. The third-order valence-electron chi connectivity index (χ3n) is 1.49. The number of carbonyl (C=O) groups is 2. The summed E-state index contributed by atoms with van der Waals surface area (Å²) in [7, 11) is 0. The summed E-state index contributed by atoms with van der Waals surface area (Å²) in [5.74, 6) is -1.46. The van der Waals surface area contributed by atoms with Crippen LogP contribution in [0.1, 0.15) is 12.8 Å². The van der Waals surface area contributed by atoms with Gasteiger partial charge in [0.05, 0.1) is 11.9 Å². The predicted molar refractivity (Wildman–Crippen MR) is 62.9 cm³/mol. The molecule has 10 heteroatoms. The molecule has 0 bridgehead atoms. The molecule has 0 unspecified atom stereocenters. The van der Waals surface area contributed by atoms with E-state index in [1.165, 1.54) is 0 Å². The van der Waals surface area contributed by atoms with Crippen molar-refractivity contribution < 1.29 is 78.9 Å². The van der Waals surface area contributed by atoms with Crippen LogP contribution in [0.4, 0.5) is 0 Å². The van der Waals surface area contributed by atoms with Crippen molar-refractivity contribution >= 4 is 37.2 Å². The molecule has 0 rings (SSSR count). The number of nitrogens with two attached hydrogens (primary N) is 2. The van der Waals surface area contributed by atoms with E-state index in [0.717, 1.165) is 0 Å². The van der Waals surface area contributed by atoms with Gasteiger partial charge < -0.3 is 31.3 Å². The first kappa shape index (κ1) is 27.8. The van der Waals surface area contributed by atoms with Gasteiger partial charge in [0, 0.05) is 12.1 Å². The van der Waals surface area contributed by atoms with E-state index < -0.39 is 24.0 Å². The van der Waals surface area contributed by atoms with E-state index in [4.69, 9.17) is 11.5 Å². The molecule has 0 aliphatic carbocycles. The van der Waals surface area contributed by atoms with Crippen LogP contribution < -0.4 is 80.8 Å². The van der Waals surface area contributed by atoms with Crippen LogP contribution in [0.3, 0.4) is 0 Å². The number of carboxylic acids is 2. The number of hydrogen-bond donors (Lipinski definition) is 4. The summed E-state index contributed by atoms with van der Waals surface area (Å²) in [6.45, 7) is 0. The van der Waals surface area contributed by atoms with Crippen molar-refractivity contribution in [3.63, 3.8) is 0 Å². The summed E-state index contributed by atoms with van der Waals surface area (Å²) < 4.78 is 0. The van der Waals surface area contributed by atoms with Crippen molar-refractivity contribution in [3.05, 3.63) is 0 Å². The van der Waals surface area contributed by atoms with Gasteiger partial charge in [0.15, 0.2) is 0 Å². The molecule has 0 aliphatic heterocycles. The Bertz CT molecular complexity index is 203. The molecule has 0 fully saturated rings. The standard InChI is InChI=1S/2C4H9NO2S.2Na/c2*5-3(1-2-8)4(6)7;;/h2*3,8H,1-2,5H2,(H,6,7);;/q;;2*+1/p-2/t2*3-;;/m00../s1. The Hall–Kier alpha value is 1.56. The van der Waals surface area contributed by atoms with Crippen LogP contribution in [-0.4, -0.2) is 35.5 Å². The third kappa shape index (κ3) is 19.9. The summed E-state index contributed by atoms with van der Waals surface area (Å²) >= 11 is 7.57. The van der Waals surface area contributed by atoms with E-state index in [1.54, 1.807) is 0 Å². The molecule has 4 N–H and O–H groups in total. The average Bonchev–Trinajstić information content (AvgIpc) is 2.19. The molecule has 2 atom stereocenters. The van der Waals surface area contributed by atoms with Crippen LogP contribution in [0.25, 0.3) is 0 Å². The maximum Gasteiger partial charge on any atom is 1.00 e. The first-order valence-corrected chi connectivity index (χ1v) is 5.77. The van der Waals surface area contributed by atoms with Gasteiger partial charge in [-0.1, -0.05) is 0 Å². The second-order valence-electron chi connectivity index (χ2n) is 2.88. The zero-order chi connectivity index (χ0) is 13.1. The van der Waals surface area contributed by atoms with Gasteiger partial charge in [-0.15, -0.1) is 0 Å². The van der Waals surface area contributed by atoms with Crippen molar-refractivity contribution in [2.75, 3.05) is 11.5 Å². The molecule has 0 spiro atoms. The fourth-order valence-electron chi connectivity index (χ4n) is 0.514. The molecule has 0 aliphatic rings. The number of hydrogen-bond acceptors (Lipinski definition) is 8. The van der Waals surface area contributed by atoms with E-state index in [0.29, 0.717) is 24.3 Å². The Morgan fingerprint density at radius 3 is 1.17 bits per heavy atom. The molecular weight excluding hydrogens is 298 g/mol. The molecule has 6 nitrogen and oxygen atoms in total. The van der Waals surface area contributed by atoms with Gasteiger partial charge in [0.25, 0.3) is 0 Å². The SMILES string of the molecule is N[C@@H](CCS)C(=O)[O-].N[C@@H](CCS)C(=O)[O-].[Na+].[Na+]. The Balaban J connectivity index is -0.0000000980. The smallest absolute Gasteiger partial charge is 0.548 e. The van der Waals surface area contributed by atoms with Crippen LogP contribution >= 0.6 is 25.3 Å². The fraction of sp³-hybridized carbons (Fsp3) is 0.750. The van der Waals surface area contributed by atoms with Crippen LogP contribution in [0.15, 0.2) is 0 Å². The summed E-state index contributed by atoms with van der Waals surface area (Å²) in [4.78, 5) is 19.6. The zero-order valence-corrected chi connectivity index (χ0v) is 16.5. The molecule has 0 radical (unpaired) electrons. The Labute approximate surface area is 162 Å². The molecular formula is C8H16N2Na2O4S2. The Kier molecular flexibility index (Phi) is 28.7. The molecule has 0 saturated carbocycles. The molecule has 0 amide bonds. The number of aliphatic carboxylic acids is 2. The van der Waals surface area contributed by atoms with Crippen molar-refractivity contribution in [1.29, 1.82) is 0 Å². The minimum Gasteiger partial charge on any atom is -0.548 e. The second kappa shape index (κ2) is 18.6. The topological polar surface area (TPSA) is 132 Å². The normalized spacial score (nSPS) is 11.8. The number of rotatable bonds is 6. The number of carboxylic acid groups (broad SMARTS) is 2. The summed E-state index contributed by atoms with van der Waals surface area (Å²) in [6.07, 6.45) is 0.733. The molecule has 0 saturated heterocycles. The van der Waals surface area contributed by atoms with E-state index in [9.17, 15) is 19.8 Å². The van der Waals surface area contributed by atoms with Crippen LogP contribution in [-0.2, 0) is 9.59 Å². The van der Waals surface area contributed by atoms with Gasteiger partial charge in [-0.3, -0.25) is 0 Å². The van der Waals surface area contributed by atoms with E-state index >= 15 is 0 Å². The van der Waals surface area contributed by atoms with Crippen LogP contribution in [0.5, 0.6) is 0 Å². The van der Waals surface area contributed by atoms with Crippen molar-refractivity contribution in [1.82, 2.24) is 0 Å². The second-order valence-corrected chi connectivity index (χ2v) is 3.77.